The Morgan fingerprint density at radius 1 is 1.19 bits per heavy atom. The molecule has 2 heterocycles. The number of H-pyrrole nitrogens is 1. The predicted molar refractivity (Wildman–Crippen MR) is 91.1 cm³/mol. The van der Waals surface area contributed by atoms with E-state index in [2.05, 4.69) is 15.2 Å². The fourth-order valence-electron chi connectivity index (χ4n) is 2.43. The second-order valence-corrected chi connectivity index (χ2v) is 5.60. The third-order valence-corrected chi connectivity index (χ3v) is 3.79. The van der Waals surface area contributed by atoms with Crippen molar-refractivity contribution in [1.82, 2.24) is 20.5 Å². The van der Waals surface area contributed by atoms with Crippen LogP contribution in [-0.4, -0.2) is 34.4 Å². The highest BCUT2D eigenvalue weighted by Gasteiger charge is 2.43. The first-order valence-corrected chi connectivity index (χ1v) is 7.87. The van der Waals surface area contributed by atoms with Gasteiger partial charge in [0, 0.05) is 11.8 Å². The van der Waals surface area contributed by atoms with Gasteiger partial charge in [-0.05, 0) is 42.5 Å². The Kier molecular flexibility index (Phi) is 5.11. The number of aromatic amines is 1. The molecule has 0 aliphatic heterocycles. The first-order valence-electron chi connectivity index (χ1n) is 7.87. The van der Waals surface area contributed by atoms with Gasteiger partial charge < -0.3 is 10.1 Å². The topological polar surface area (TPSA) is 79.9 Å². The van der Waals surface area contributed by atoms with Gasteiger partial charge in [0.25, 0.3) is 5.91 Å². The van der Waals surface area contributed by atoms with Crippen molar-refractivity contribution in [2.24, 2.45) is 0 Å². The highest BCUT2D eigenvalue weighted by atomic mass is 19.4. The van der Waals surface area contributed by atoms with E-state index in [0.29, 0.717) is 17.0 Å². The summed E-state index contributed by atoms with van der Waals surface area (Å²) in [5, 5.41) is 8.40. The van der Waals surface area contributed by atoms with Gasteiger partial charge in [-0.15, -0.1) is 0 Å². The van der Waals surface area contributed by atoms with Gasteiger partial charge in [-0.3, -0.25) is 14.9 Å². The first-order chi connectivity index (χ1) is 12.9. The normalized spacial score (nSPS) is 12.4. The number of carbonyl (C=O) groups is 1. The summed E-state index contributed by atoms with van der Waals surface area (Å²) in [5.74, 6) is -0.286. The largest absolute Gasteiger partial charge is 0.497 e. The number of amides is 1. The van der Waals surface area contributed by atoms with Crippen molar-refractivity contribution in [3.63, 3.8) is 0 Å². The minimum absolute atomic E-state index is 0.0917. The molecule has 1 atom stereocenters. The lowest BCUT2D eigenvalue weighted by Gasteiger charge is -2.20. The predicted octanol–water partition coefficient (Wildman–Crippen LogP) is 3.51. The maximum absolute atomic E-state index is 13.3. The molecule has 0 saturated carbocycles. The highest BCUT2D eigenvalue weighted by Crippen LogP contribution is 2.32. The molecule has 0 bridgehead atoms. The number of rotatable bonds is 5. The van der Waals surface area contributed by atoms with Crippen LogP contribution in [0.1, 0.15) is 22.2 Å². The van der Waals surface area contributed by atoms with Crippen molar-refractivity contribution in [1.29, 1.82) is 0 Å². The summed E-state index contributed by atoms with van der Waals surface area (Å²) < 4.78 is 45.1. The minimum Gasteiger partial charge on any atom is -0.497 e. The molecule has 1 amide bonds. The van der Waals surface area contributed by atoms with E-state index >= 15 is 0 Å². The standard InChI is InChI=1S/C18H15F3N4O2/c1-27-12-7-5-11(6-8-12)14-10-15(25-24-14)17(26)23-16(18(19,20)21)13-4-2-3-9-22-13/h2-10,16H,1H3,(H,23,26)(H,24,25)/t16-/m0/s1. The number of ether oxygens (including phenoxy) is 1. The Balaban J connectivity index is 1.80. The van der Waals surface area contributed by atoms with E-state index in [1.54, 1.807) is 24.3 Å². The van der Waals surface area contributed by atoms with Gasteiger partial charge in [-0.25, -0.2) is 0 Å². The van der Waals surface area contributed by atoms with Crippen LogP contribution in [-0.2, 0) is 0 Å². The van der Waals surface area contributed by atoms with Gasteiger partial charge in [0.2, 0.25) is 0 Å². The Bertz CT molecular complexity index is 908. The van der Waals surface area contributed by atoms with Crippen molar-refractivity contribution in [3.05, 3.63) is 66.1 Å². The number of aromatic nitrogens is 3. The number of carbonyl (C=O) groups excluding carboxylic acids is 1. The molecular formula is C18H15F3N4O2. The summed E-state index contributed by atoms with van der Waals surface area (Å²) in [6, 6.07) is 10.2. The van der Waals surface area contributed by atoms with Crippen LogP contribution >= 0.6 is 0 Å². The number of nitrogens with zero attached hydrogens (tertiary/aromatic N) is 2. The van der Waals surface area contributed by atoms with Gasteiger partial charge in [0.1, 0.15) is 11.4 Å². The Labute approximate surface area is 152 Å². The SMILES string of the molecule is COc1ccc(-c2cc(C(=O)N[C@@H](c3ccccn3)C(F)(F)F)[nH]n2)cc1. The average Bonchev–Trinajstić information content (AvgIpc) is 3.16. The highest BCUT2D eigenvalue weighted by molar-refractivity contribution is 5.93. The summed E-state index contributed by atoms with van der Waals surface area (Å²) >= 11 is 0. The molecule has 0 saturated heterocycles. The summed E-state index contributed by atoms with van der Waals surface area (Å²) in [6.07, 6.45) is -3.46. The van der Waals surface area contributed by atoms with Gasteiger partial charge in [-0.2, -0.15) is 18.3 Å². The molecule has 9 heteroatoms. The molecule has 0 aliphatic carbocycles. The maximum atomic E-state index is 13.3. The molecule has 1 aromatic carbocycles. The van der Waals surface area contributed by atoms with Crippen LogP contribution in [0.25, 0.3) is 11.3 Å². The molecule has 0 radical (unpaired) electrons. The van der Waals surface area contributed by atoms with Crippen LogP contribution in [0.4, 0.5) is 13.2 Å². The van der Waals surface area contributed by atoms with Crippen LogP contribution in [0.2, 0.25) is 0 Å². The molecule has 0 aliphatic rings. The summed E-state index contributed by atoms with van der Waals surface area (Å²) in [7, 11) is 1.53. The number of nitrogens with one attached hydrogen (secondary N) is 2. The second kappa shape index (κ2) is 7.48. The van der Waals surface area contributed by atoms with E-state index in [-0.39, 0.29) is 11.4 Å². The molecule has 0 unspecified atom stereocenters. The first kappa shape index (κ1) is 18.4. The zero-order valence-electron chi connectivity index (χ0n) is 14.1. The number of hydrogen-bond donors (Lipinski definition) is 2. The number of halogens is 3. The molecule has 140 valence electrons. The quantitative estimate of drug-likeness (QED) is 0.714. The number of hydrogen-bond acceptors (Lipinski definition) is 4. The average molecular weight is 376 g/mol. The van der Waals surface area contributed by atoms with E-state index in [9.17, 15) is 18.0 Å². The summed E-state index contributed by atoms with van der Waals surface area (Å²) in [4.78, 5) is 16.0. The zero-order valence-corrected chi connectivity index (χ0v) is 14.1. The van der Waals surface area contributed by atoms with Crippen LogP contribution in [0.3, 0.4) is 0 Å². The lowest BCUT2D eigenvalue weighted by atomic mass is 10.1. The number of methoxy groups -OCH3 is 1. The van der Waals surface area contributed by atoms with Crippen molar-refractivity contribution in [2.45, 2.75) is 12.2 Å². The fraction of sp³-hybridized carbons (Fsp3) is 0.167. The van der Waals surface area contributed by atoms with Crippen LogP contribution in [0, 0.1) is 0 Å². The molecule has 0 fully saturated rings. The lowest BCUT2D eigenvalue weighted by Crippen LogP contribution is -2.38. The van der Waals surface area contributed by atoms with Gasteiger partial charge in [0.05, 0.1) is 18.5 Å². The lowest BCUT2D eigenvalue weighted by molar-refractivity contribution is -0.156. The van der Waals surface area contributed by atoms with Crippen molar-refractivity contribution < 1.29 is 22.7 Å². The Morgan fingerprint density at radius 3 is 2.52 bits per heavy atom. The summed E-state index contributed by atoms with van der Waals surface area (Å²) in [6.45, 7) is 0. The molecule has 2 N–H and O–H groups in total. The third kappa shape index (κ3) is 4.25. The molecule has 3 rings (SSSR count). The van der Waals surface area contributed by atoms with Gasteiger partial charge >= 0.3 is 6.18 Å². The minimum atomic E-state index is -4.69. The van der Waals surface area contributed by atoms with Gasteiger partial charge in [-0.1, -0.05) is 6.07 Å². The zero-order chi connectivity index (χ0) is 19.4. The van der Waals surface area contributed by atoms with E-state index in [1.165, 1.54) is 37.6 Å². The van der Waals surface area contributed by atoms with Crippen LogP contribution in [0.5, 0.6) is 5.75 Å². The monoisotopic (exact) mass is 376 g/mol. The van der Waals surface area contributed by atoms with E-state index in [1.807, 2.05) is 5.32 Å². The smallest absolute Gasteiger partial charge is 0.414 e. The molecule has 0 spiro atoms. The van der Waals surface area contributed by atoms with E-state index in [0.717, 1.165) is 0 Å². The van der Waals surface area contributed by atoms with Crippen LogP contribution < -0.4 is 10.1 Å². The molecule has 2 aromatic heterocycles. The third-order valence-electron chi connectivity index (χ3n) is 3.79. The number of pyridine rings is 1. The maximum Gasteiger partial charge on any atom is 0.414 e. The van der Waals surface area contributed by atoms with Gasteiger partial charge in [0.15, 0.2) is 6.04 Å². The summed E-state index contributed by atoms with van der Waals surface area (Å²) in [5.41, 5.74) is 0.714. The Morgan fingerprint density at radius 2 is 1.93 bits per heavy atom. The van der Waals surface area contributed by atoms with E-state index < -0.39 is 18.1 Å². The number of benzene rings is 1. The fourth-order valence-corrected chi connectivity index (χ4v) is 2.43. The van der Waals surface area contributed by atoms with Crippen molar-refractivity contribution in [3.8, 4) is 17.0 Å². The molecule has 3 aromatic rings. The van der Waals surface area contributed by atoms with Crippen LogP contribution in [0.15, 0.2) is 54.7 Å². The Hall–Kier alpha value is -3.36. The second-order valence-electron chi connectivity index (χ2n) is 5.60. The number of alkyl halides is 3. The molecule has 27 heavy (non-hydrogen) atoms. The van der Waals surface area contributed by atoms with Crippen molar-refractivity contribution >= 4 is 5.91 Å². The van der Waals surface area contributed by atoms with Crippen molar-refractivity contribution in [2.75, 3.05) is 7.11 Å². The molecular weight excluding hydrogens is 361 g/mol. The van der Waals surface area contributed by atoms with E-state index in [4.69, 9.17) is 4.74 Å². The molecule has 6 nitrogen and oxygen atoms in total.